The predicted molar refractivity (Wildman–Crippen MR) is 88.8 cm³/mol. The van der Waals surface area contributed by atoms with Crippen molar-refractivity contribution in [1.29, 1.82) is 0 Å². The van der Waals surface area contributed by atoms with Gasteiger partial charge in [-0.15, -0.1) is 0 Å². The Labute approximate surface area is 140 Å². The lowest BCUT2D eigenvalue weighted by atomic mass is 9.85. The van der Waals surface area contributed by atoms with Crippen LogP contribution in [0, 0.1) is 0 Å². The second kappa shape index (κ2) is 7.78. The van der Waals surface area contributed by atoms with E-state index in [1.807, 2.05) is 11.8 Å². The Bertz CT molecular complexity index is 611. The summed E-state index contributed by atoms with van der Waals surface area (Å²) < 4.78 is 0. The molecule has 5 N–H and O–H groups in total. The highest BCUT2D eigenvalue weighted by Crippen LogP contribution is 2.26. The fourth-order valence-corrected chi connectivity index (χ4v) is 2.79. The molecular formula is C16H22N4O4. The Morgan fingerprint density at radius 1 is 1.25 bits per heavy atom. The number of hydrogen-bond donors (Lipinski definition) is 4. The second-order valence-electron chi connectivity index (χ2n) is 5.82. The summed E-state index contributed by atoms with van der Waals surface area (Å²) in [7, 11) is 0. The normalized spacial score (nSPS) is 19.4. The van der Waals surface area contributed by atoms with Crippen LogP contribution in [-0.2, 0) is 4.79 Å². The van der Waals surface area contributed by atoms with Crippen molar-refractivity contribution in [3.05, 3.63) is 29.8 Å². The number of nitrogens with two attached hydrogens (primary N) is 1. The van der Waals surface area contributed by atoms with E-state index in [-0.39, 0.29) is 24.5 Å². The van der Waals surface area contributed by atoms with Crippen LogP contribution in [-0.4, -0.2) is 53.1 Å². The van der Waals surface area contributed by atoms with Crippen molar-refractivity contribution < 1.29 is 19.5 Å². The summed E-state index contributed by atoms with van der Waals surface area (Å²) in [6, 6.07) is 6.02. The summed E-state index contributed by atoms with van der Waals surface area (Å²) in [6.45, 7) is 2.62. The first-order valence-electron chi connectivity index (χ1n) is 7.82. The minimum Gasteiger partial charge on any atom is -0.480 e. The van der Waals surface area contributed by atoms with Crippen LogP contribution in [0.2, 0.25) is 0 Å². The number of amides is 3. The molecule has 0 spiro atoms. The van der Waals surface area contributed by atoms with E-state index >= 15 is 0 Å². The highest BCUT2D eigenvalue weighted by atomic mass is 16.4. The fourth-order valence-electron chi connectivity index (χ4n) is 2.79. The van der Waals surface area contributed by atoms with Gasteiger partial charge in [0.25, 0.3) is 5.91 Å². The first kappa shape index (κ1) is 17.7. The Kier molecular flexibility index (Phi) is 5.75. The summed E-state index contributed by atoms with van der Waals surface area (Å²) in [4.78, 5) is 35.6. The van der Waals surface area contributed by atoms with Gasteiger partial charge in [0.05, 0.1) is 6.54 Å². The van der Waals surface area contributed by atoms with Crippen LogP contribution >= 0.6 is 0 Å². The van der Waals surface area contributed by atoms with Crippen LogP contribution < -0.4 is 16.4 Å². The average Bonchev–Trinajstić information content (AvgIpc) is 2.48. The number of rotatable bonds is 7. The molecule has 1 fully saturated rings. The molecule has 130 valence electrons. The van der Waals surface area contributed by atoms with E-state index in [9.17, 15) is 14.4 Å². The van der Waals surface area contributed by atoms with Crippen LogP contribution in [0.5, 0.6) is 0 Å². The molecule has 0 bridgehead atoms. The number of carboxylic acids is 1. The Morgan fingerprint density at radius 3 is 2.38 bits per heavy atom. The van der Waals surface area contributed by atoms with E-state index in [0.29, 0.717) is 17.8 Å². The zero-order chi connectivity index (χ0) is 17.7. The minimum atomic E-state index is -0.839. The number of carbonyl (C=O) groups is 3. The summed E-state index contributed by atoms with van der Waals surface area (Å²) in [5.41, 5.74) is 6.04. The summed E-state index contributed by atoms with van der Waals surface area (Å²) in [5, 5.41) is 14.2. The number of nitrogens with zero attached hydrogens (tertiary/aromatic N) is 1. The van der Waals surface area contributed by atoms with Gasteiger partial charge in [0.2, 0.25) is 0 Å². The molecule has 2 rings (SSSR count). The lowest BCUT2D eigenvalue weighted by Crippen LogP contribution is -2.54. The number of benzene rings is 1. The molecule has 0 unspecified atom stereocenters. The van der Waals surface area contributed by atoms with Crippen LogP contribution in [0.15, 0.2) is 24.3 Å². The molecule has 8 nitrogen and oxygen atoms in total. The third kappa shape index (κ3) is 4.69. The lowest BCUT2D eigenvalue weighted by molar-refractivity contribution is -0.139. The van der Waals surface area contributed by atoms with Crippen molar-refractivity contribution in [1.82, 2.24) is 10.2 Å². The van der Waals surface area contributed by atoms with E-state index in [2.05, 4.69) is 10.6 Å². The number of carboxylic acid groups (broad SMARTS) is 1. The average molecular weight is 334 g/mol. The third-order valence-corrected chi connectivity index (χ3v) is 4.12. The Balaban J connectivity index is 1.82. The predicted octanol–water partition coefficient (Wildman–Crippen LogP) is 0.845. The zero-order valence-corrected chi connectivity index (χ0v) is 13.5. The van der Waals surface area contributed by atoms with E-state index in [1.54, 1.807) is 24.3 Å². The van der Waals surface area contributed by atoms with Crippen molar-refractivity contribution in [3.63, 3.8) is 0 Å². The lowest BCUT2D eigenvalue weighted by Gasteiger charge is -2.42. The molecule has 1 aliphatic rings. The number of nitrogens with one attached hydrogen (secondary N) is 2. The van der Waals surface area contributed by atoms with Gasteiger partial charge < -0.3 is 21.5 Å². The number of urea groups is 1. The van der Waals surface area contributed by atoms with Gasteiger partial charge in [-0.05, 0) is 43.7 Å². The van der Waals surface area contributed by atoms with Gasteiger partial charge in [-0.1, -0.05) is 6.92 Å². The molecule has 8 heteroatoms. The SMILES string of the molecule is CCN(CC(=O)O)C1CC(NC(=O)c2ccc(NC(N)=O)cc2)C1. The highest BCUT2D eigenvalue weighted by molar-refractivity contribution is 5.95. The second-order valence-corrected chi connectivity index (χ2v) is 5.82. The number of primary amides is 1. The molecule has 1 aromatic carbocycles. The van der Waals surface area contributed by atoms with Crippen molar-refractivity contribution in [2.24, 2.45) is 5.73 Å². The van der Waals surface area contributed by atoms with Crippen LogP contribution in [0.25, 0.3) is 0 Å². The largest absolute Gasteiger partial charge is 0.480 e. The first-order chi connectivity index (χ1) is 11.4. The number of likely N-dealkylation sites (N-methyl/N-ethyl adjacent to an activating group) is 1. The molecule has 3 amide bonds. The Hall–Kier alpha value is -2.61. The van der Waals surface area contributed by atoms with Crippen molar-refractivity contribution in [2.75, 3.05) is 18.4 Å². The van der Waals surface area contributed by atoms with Crippen molar-refractivity contribution >= 4 is 23.6 Å². The minimum absolute atomic E-state index is 0.0240. The fraction of sp³-hybridized carbons (Fsp3) is 0.438. The highest BCUT2D eigenvalue weighted by Gasteiger charge is 2.34. The molecule has 0 aliphatic heterocycles. The maximum absolute atomic E-state index is 12.2. The quantitative estimate of drug-likeness (QED) is 0.588. The zero-order valence-electron chi connectivity index (χ0n) is 13.5. The molecule has 0 heterocycles. The van der Waals surface area contributed by atoms with E-state index in [0.717, 1.165) is 12.8 Å². The topological polar surface area (TPSA) is 125 Å². The standard InChI is InChI=1S/C16H22N4O4/c1-2-20(9-14(21)22)13-7-12(8-13)18-15(23)10-3-5-11(6-4-10)19-16(17)24/h3-6,12-13H,2,7-9H2,1H3,(H,18,23)(H,21,22)(H3,17,19,24). The smallest absolute Gasteiger partial charge is 0.317 e. The molecule has 1 aliphatic carbocycles. The van der Waals surface area contributed by atoms with Gasteiger partial charge in [0.15, 0.2) is 0 Å². The first-order valence-corrected chi connectivity index (χ1v) is 7.82. The van der Waals surface area contributed by atoms with Gasteiger partial charge >= 0.3 is 12.0 Å². The molecule has 1 saturated carbocycles. The molecule has 0 radical (unpaired) electrons. The molecule has 0 aromatic heterocycles. The maximum Gasteiger partial charge on any atom is 0.317 e. The van der Waals surface area contributed by atoms with Gasteiger partial charge in [-0.2, -0.15) is 0 Å². The number of carbonyl (C=O) groups excluding carboxylic acids is 2. The molecule has 24 heavy (non-hydrogen) atoms. The van der Waals surface area contributed by atoms with Crippen molar-refractivity contribution in [2.45, 2.75) is 31.8 Å². The number of hydrogen-bond acceptors (Lipinski definition) is 4. The van der Waals surface area contributed by atoms with E-state index < -0.39 is 12.0 Å². The van der Waals surface area contributed by atoms with Crippen LogP contribution in [0.4, 0.5) is 10.5 Å². The molecule has 1 aromatic rings. The Morgan fingerprint density at radius 2 is 1.88 bits per heavy atom. The van der Waals surface area contributed by atoms with E-state index in [4.69, 9.17) is 10.8 Å². The summed E-state index contributed by atoms with van der Waals surface area (Å²) in [6.07, 6.45) is 1.49. The summed E-state index contributed by atoms with van der Waals surface area (Å²) >= 11 is 0. The van der Waals surface area contributed by atoms with Gasteiger partial charge in [-0.25, -0.2) is 4.79 Å². The number of aliphatic carboxylic acids is 1. The van der Waals surface area contributed by atoms with Crippen LogP contribution in [0.3, 0.4) is 0 Å². The summed E-state index contributed by atoms with van der Waals surface area (Å²) in [5.74, 6) is -1.03. The third-order valence-electron chi connectivity index (χ3n) is 4.12. The maximum atomic E-state index is 12.2. The van der Waals surface area contributed by atoms with E-state index in [1.165, 1.54) is 0 Å². The molecule has 0 saturated heterocycles. The van der Waals surface area contributed by atoms with Crippen LogP contribution in [0.1, 0.15) is 30.1 Å². The van der Waals surface area contributed by atoms with Gasteiger partial charge in [0.1, 0.15) is 0 Å². The van der Waals surface area contributed by atoms with Gasteiger partial charge in [-0.3, -0.25) is 14.5 Å². The number of anilines is 1. The van der Waals surface area contributed by atoms with Crippen molar-refractivity contribution in [3.8, 4) is 0 Å². The monoisotopic (exact) mass is 334 g/mol. The van der Waals surface area contributed by atoms with Gasteiger partial charge in [0, 0.05) is 23.3 Å². The molecule has 0 atom stereocenters. The molecular weight excluding hydrogens is 312 g/mol.